The quantitative estimate of drug-likeness (QED) is 0.351. The molecule has 4 rings (SSSR count). The summed E-state index contributed by atoms with van der Waals surface area (Å²) in [5.41, 5.74) is 2.31. The Hall–Kier alpha value is -3.03. The molecule has 7 heteroatoms. The molecule has 2 heterocycles. The average molecular weight is 463 g/mol. The maximum Gasteiger partial charge on any atom is 0.338 e. The zero-order valence-corrected chi connectivity index (χ0v) is 19.8. The van der Waals surface area contributed by atoms with Gasteiger partial charge in [-0.05, 0) is 37.1 Å². The van der Waals surface area contributed by atoms with E-state index in [0.29, 0.717) is 24.2 Å². The van der Waals surface area contributed by atoms with Gasteiger partial charge in [-0.15, -0.1) is 5.10 Å². The zero-order valence-electron chi connectivity index (χ0n) is 19.8. The minimum absolute atomic E-state index is 0.0456. The van der Waals surface area contributed by atoms with Crippen LogP contribution in [0.15, 0.2) is 66.9 Å². The van der Waals surface area contributed by atoms with Crippen LogP contribution in [-0.2, 0) is 11.3 Å². The monoisotopic (exact) mass is 462 g/mol. The lowest BCUT2D eigenvalue weighted by atomic mass is 9.90. The molecule has 0 spiro atoms. The van der Waals surface area contributed by atoms with Crippen molar-refractivity contribution >= 4 is 5.97 Å². The highest BCUT2D eigenvalue weighted by molar-refractivity contribution is 5.89. The van der Waals surface area contributed by atoms with Crippen molar-refractivity contribution in [3.05, 3.63) is 83.7 Å². The lowest BCUT2D eigenvalue weighted by Crippen LogP contribution is -2.46. The Bertz CT molecular complexity index is 1020. The predicted molar refractivity (Wildman–Crippen MR) is 130 cm³/mol. The number of ether oxygens (including phenoxy) is 1. The van der Waals surface area contributed by atoms with Crippen LogP contribution in [0, 0.1) is 0 Å². The highest BCUT2D eigenvalue weighted by Crippen LogP contribution is 2.35. The van der Waals surface area contributed by atoms with E-state index in [1.54, 1.807) is 35.1 Å². The zero-order chi connectivity index (χ0) is 23.8. The number of hydrogen-bond acceptors (Lipinski definition) is 6. The van der Waals surface area contributed by atoms with Crippen LogP contribution in [0.1, 0.15) is 72.7 Å². The van der Waals surface area contributed by atoms with Gasteiger partial charge in [0.05, 0.1) is 23.9 Å². The maximum absolute atomic E-state index is 12.2. The fourth-order valence-electron chi connectivity index (χ4n) is 4.63. The highest BCUT2D eigenvalue weighted by atomic mass is 16.5. The molecule has 0 radical (unpaired) electrons. The first kappa shape index (κ1) is 24.1. The average Bonchev–Trinajstić information content (AvgIpc) is 3.35. The molecular weight excluding hydrogens is 428 g/mol. The van der Waals surface area contributed by atoms with Crippen LogP contribution in [0.5, 0.6) is 0 Å². The minimum Gasteiger partial charge on any atom is -0.455 e. The van der Waals surface area contributed by atoms with Crippen LogP contribution in [0.2, 0.25) is 0 Å². The van der Waals surface area contributed by atoms with E-state index in [2.05, 4.69) is 46.4 Å². The SMILES string of the molecule is CCCCCCN1C[C@H](n2cc(COC(=O)c3ccccc3)nn2)[C@@H](O)C[C@@H]1c1ccccc1. The van der Waals surface area contributed by atoms with Crippen molar-refractivity contribution in [1.29, 1.82) is 0 Å². The first-order valence-corrected chi connectivity index (χ1v) is 12.3. The number of aliphatic hydroxyl groups is 1. The fourth-order valence-corrected chi connectivity index (χ4v) is 4.63. The number of nitrogens with zero attached hydrogens (tertiary/aromatic N) is 4. The summed E-state index contributed by atoms with van der Waals surface area (Å²) in [5.74, 6) is -0.392. The Morgan fingerprint density at radius 3 is 2.53 bits per heavy atom. The molecule has 0 bridgehead atoms. The van der Waals surface area contributed by atoms with Gasteiger partial charge >= 0.3 is 5.97 Å². The van der Waals surface area contributed by atoms with Gasteiger partial charge in [-0.3, -0.25) is 4.90 Å². The summed E-state index contributed by atoms with van der Waals surface area (Å²) in [7, 11) is 0. The summed E-state index contributed by atoms with van der Waals surface area (Å²) in [6.45, 7) is 3.95. The predicted octanol–water partition coefficient (Wildman–Crippen LogP) is 4.56. The van der Waals surface area contributed by atoms with E-state index in [0.717, 1.165) is 13.0 Å². The van der Waals surface area contributed by atoms with E-state index in [1.165, 1.54) is 24.8 Å². The van der Waals surface area contributed by atoms with Crippen molar-refractivity contribution in [1.82, 2.24) is 19.9 Å². The molecule has 0 saturated carbocycles. The van der Waals surface area contributed by atoms with Crippen molar-refractivity contribution in [3.8, 4) is 0 Å². The van der Waals surface area contributed by atoms with Crippen molar-refractivity contribution in [2.75, 3.05) is 13.1 Å². The van der Waals surface area contributed by atoms with Gasteiger partial charge in [0, 0.05) is 12.6 Å². The molecule has 0 amide bonds. The molecule has 1 N–H and O–H groups in total. The van der Waals surface area contributed by atoms with E-state index in [9.17, 15) is 9.90 Å². The number of aliphatic hydroxyl groups excluding tert-OH is 1. The normalized spacial score (nSPS) is 20.8. The summed E-state index contributed by atoms with van der Waals surface area (Å²) >= 11 is 0. The summed E-state index contributed by atoms with van der Waals surface area (Å²) in [6.07, 6.45) is 6.67. The lowest BCUT2D eigenvalue weighted by molar-refractivity contribution is -0.00778. The number of aromatic nitrogens is 3. The third kappa shape index (κ3) is 6.10. The molecule has 1 aromatic heterocycles. The largest absolute Gasteiger partial charge is 0.455 e. The second-order valence-corrected chi connectivity index (χ2v) is 8.98. The number of likely N-dealkylation sites (tertiary alicyclic amines) is 1. The van der Waals surface area contributed by atoms with E-state index >= 15 is 0 Å². The van der Waals surface area contributed by atoms with Crippen LogP contribution in [0.3, 0.4) is 0 Å². The number of piperidine rings is 1. The summed E-state index contributed by atoms with van der Waals surface area (Å²) in [4.78, 5) is 14.7. The minimum atomic E-state index is -0.543. The summed E-state index contributed by atoms with van der Waals surface area (Å²) < 4.78 is 7.12. The van der Waals surface area contributed by atoms with E-state index in [1.807, 2.05) is 12.1 Å². The van der Waals surface area contributed by atoms with Crippen molar-refractivity contribution in [3.63, 3.8) is 0 Å². The Morgan fingerprint density at radius 1 is 1.06 bits per heavy atom. The molecular formula is C27H34N4O3. The van der Waals surface area contributed by atoms with Crippen LogP contribution < -0.4 is 0 Å². The Balaban J connectivity index is 1.42. The molecule has 1 aliphatic heterocycles. The number of unbranched alkanes of at least 4 members (excludes halogenated alkanes) is 3. The number of carbonyl (C=O) groups excluding carboxylic acids is 1. The van der Waals surface area contributed by atoms with Gasteiger partial charge in [-0.2, -0.15) is 0 Å². The molecule has 0 unspecified atom stereocenters. The molecule has 1 saturated heterocycles. The molecule has 7 nitrogen and oxygen atoms in total. The van der Waals surface area contributed by atoms with Gasteiger partial charge in [0.15, 0.2) is 0 Å². The molecule has 3 atom stereocenters. The van der Waals surface area contributed by atoms with Gasteiger partial charge in [0.1, 0.15) is 12.3 Å². The first-order chi connectivity index (χ1) is 16.7. The van der Waals surface area contributed by atoms with Gasteiger partial charge in [0.25, 0.3) is 0 Å². The van der Waals surface area contributed by atoms with E-state index in [-0.39, 0.29) is 18.7 Å². The van der Waals surface area contributed by atoms with Crippen LogP contribution in [0.4, 0.5) is 0 Å². The number of carbonyl (C=O) groups is 1. The van der Waals surface area contributed by atoms with E-state index in [4.69, 9.17) is 4.74 Å². The number of rotatable bonds is 10. The standard InChI is InChI=1S/C27H34N4O3/c1-2-3-4-11-16-30-19-25(26(32)17-24(30)21-12-7-5-8-13-21)31-18-23(28-29-31)20-34-27(33)22-14-9-6-10-15-22/h5-10,12-15,18,24-26,32H,2-4,11,16-17,19-20H2,1H3/t24-,25+,26+/m1/s1. The van der Waals surface area contributed by atoms with Crippen molar-refractivity contribution in [2.45, 2.75) is 63.8 Å². The maximum atomic E-state index is 12.2. The fraction of sp³-hybridized carbons (Fsp3) is 0.444. The molecule has 3 aromatic rings. The first-order valence-electron chi connectivity index (χ1n) is 12.3. The Kier molecular flexibility index (Phi) is 8.44. The molecule has 1 aliphatic rings. The highest BCUT2D eigenvalue weighted by Gasteiger charge is 2.36. The van der Waals surface area contributed by atoms with Gasteiger partial charge in [-0.1, -0.05) is 79.9 Å². The van der Waals surface area contributed by atoms with Crippen molar-refractivity contribution < 1.29 is 14.6 Å². The second-order valence-electron chi connectivity index (χ2n) is 8.98. The number of esters is 1. The third-order valence-corrected chi connectivity index (χ3v) is 6.51. The molecule has 1 fully saturated rings. The Labute approximate surface area is 201 Å². The Morgan fingerprint density at radius 2 is 1.79 bits per heavy atom. The van der Waals surface area contributed by atoms with E-state index < -0.39 is 12.1 Å². The van der Waals surface area contributed by atoms with Gasteiger partial charge in [0.2, 0.25) is 0 Å². The lowest BCUT2D eigenvalue weighted by Gasteiger charge is -2.42. The topological polar surface area (TPSA) is 80.5 Å². The van der Waals surface area contributed by atoms with Crippen LogP contribution in [0.25, 0.3) is 0 Å². The number of benzene rings is 2. The molecule has 2 aromatic carbocycles. The summed E-state index contributed by atoms with van der Waals surface area (Å²) in [6, 6.07) is 19.3. The van der Waals surface area contributed by atoms with Gasteiger partial charge < -0.3 is 9.84 Å². The van der Waals surface area contributed by atoms with Crippen molar-refractivity contribution in [2.24, 2.45) is 0 Å². The molecule has 34 heavy (non-hydrogen) atoms. The van der Waals surface area contributed by atoms with Crippen LogP contribution >= 0.6 is 0 Å². The summed E-state index contributed by atoms with van der Waals surface area (Å²) in [5, 5.41) is 19.5. The smallest absolute Gasteiger partial charge is 0.338 e. The van der Waals surface area contributed by atoms with Crippen LogP contribution in [-0.4, -0.2) is 50.2 Å². The van der Waals surface area contributed by atoms with Gasteiger partial charge in [-0.25, -0.2) is 9.48 Å². The third-order valence-electron chi connectivity index (χ3n) is 6.51. The number of hydrogen-bond donors (Lipinski definition) is 1. The molecule has 180 valence electrons. The second kappa shape index (κ2) is 11.9. The molecule has 0 aliphatic carbocycles.